The van der Waals surface area contributed by atoms with E-state index in [-0.39, 0.29) is 29.1 Å². The van der Waals surface area contributed by atoms with Crippen molar-refractivity contribution in [2.24, 2.45) is 0 Å². The number of aryl methyl sites for hydroxylation is 2. The van der Waals surface area contributed by atoms with Crippen LogP contribution in [-0.4, -0.2) is 26.8 Å². The quantitative estimate of drug-likeness (QED) is 0.889. The molecule has 5 nitrogen and oxygen atoms in total. The maximum atomic E-state index is 12.1. The van der Waals surface area contributed by atoms with Gasteiger partial charge in [-0.05, 0) is 44.5 Å². The minimum absolute atomic E-state index is 0.0173. The number of hydrogen-bond donors (Lipinski definition) is 2. The highest BCUT2D eigenvalue weighted by Crippen LogP contribution is 2.23. The minimum Gasteiger partial charge on any atom is -0.506 e. The Morgan fingerprint density at radius 2 is 2.14 bits per heavy atom. The maximum Gasteiger partial charge on any atom is 0.224 e. The molecule has 0 radical (unpaired) electrons. The molecule has 118 valence electrons. The number of amides is 1. The third-order valence-electron chi connectivity index (χ3n) is 3.33. The fourth-order valence-corrected chi connectivity index (χ4v) is 2.54. The van der Waals surface area contributed by atoms with E-state index in [1.165, 1.54) is 6.07 Å². The SMILES string of the molecule is Cc1cc(C)n(CC(C)NC(=O)Cc2ccc(O)c(Cl)c2)n1. The monoisotopic (exact) mass is 321 g/mol. The van der Waals surface area contributed by atoms with Gasteiger partial charge in [-0.25, -0.2) is 0 Å². The first-order chi connectivity index (χ1) is 10.3. The van der Waals surface area contributed by atoms with Gasteiger partial charge in [0.15, 0.2) is 0 Å². The van der Waals surface area contributed by atoms with Gasteiger partial charge in [0, 0.05) is 11.7 Å². The van der Waals surface area contributed by atoms with Crippen molar-refractivity contribution in [3.05, 3.63) is 46.2 Å². The van der Waals surface area contributed by atoms with Crippen molar-refractivity contribution in [3.8, 4) is 5.75 Å². The topological polar surface area (TPSA) is 67.2 Å². The third kappa shape index (κ3) is 4.24. The van der Waals surface area contributed by atoms with Crippen molar-refractivity contribution in [1.29, 1.82) is 0 Å². The average Bonchev–Trinajstić information content (AvgIpc) is 2.72. The van der Waals surface area contributed by atoms with E-state index in [1.807, 2.05) is 31.5 Å². The van der Waals surface area contributed by atoms with Gasteiger partial charge in [-0.2, -0.15) is 5.10 Å². The van der Waals surface area contributed by atoms with Gasteiger partial charge in [-0.1, -0.05) is 17.7 Å². The Morgan fingerprint density at radius 1 is 1.41 bits per heavy atom. The Labute approximate surface area is 134 Å². The summed E-state index contributed by atoms with van der Waals surface area (Å²) in [5.41, 5.74) is 2.80. The lowest BCUT2D eigenvalue weighted by Crippen LogP contribution is -2.37. The van der Waals surface area contributed by atoms with Crippen molar-refractivity contribution in [1.82, 2.24) is 15.1 Å². The van der Waals surface area contributed by atoms with Crippen LogP contribution in [0.2, 0.25) is 5.02 Å². The number of rotatable bonds is 5. The van der Waals surface area contributed by atoms with Crippen molar-refractivity contribution in [2.75, 3.05) is 0 Å². The molecular formula is C16H20ClN3O2. The zero-order chi connectivity index (χ0) is 16.3. The first kappa shape index (κ1) is 16.4. The summed E-state index contributed by atoms with van der Waals surface area (Å²) < 4.78 is 1.89. The van der Waals surface area contributed by atoms with Gasteiger partial charge in [0.2, 0.25) is 5.91 Å². The van der Waals surface area contributed by atoms with Crippen LogP contribution in [0.4, 0.5) is 0 Å². The van der Waals surface area contributed by atoms with E-state index in [0.29, 0.717) is 6.54 Å². The molecule has 0 saturated carbocycles. The van der Waals surface area contributed by atoms with E-state index in [2.05, 4.69) is 10.4 Å². The molecule has 2 rings (SSSR count). The van der Waals surface area contributed by atoms with Gasteiger partial charge < -0.3 is 10.4 Å². The number of halogens is 1. The molecule has 0 spiro atoms. The van der Waals surface area contributed by atoms with E-state index in [0.717, 1.165) is 17.0 Å². The molecule has 1 atom stereocenters. The van der Waals surface area contributed by atoms with Crippen LogP contribution in [-0.2, 0) is 17.8 Å². The molecule has 0 aliphatic carbocycles. The summed E-state index contributed by atoms with van der Waals surface area (Å²) in [6.45, 7) is 6.51. The van der Waals surface area contributed by atoms with Crippen molar-refractivity contribution in [2.45, 2.75) is 39.8 Å². The number of phenolic OH excluding ortho intramolecular Hbond substituents is 1. The molecule has 1 heterocycles. The number of nitrogens with zero attached hydrogens (tertiary/aromatic N) is 2. The molecule has 22 heavy (non-hydrogen) atoms. The van der Waals surface area contributed by atoms with E-state index in [4.69, 9.17) is 11.6 Å². The molecule has 1 aromatic heterocycles. The highest BCUT2D eigenvalue weighted by Gasteiger charge is 2.11. The third-order valence-corrected chi connectivity index (χ3v) is 3.64. The van der Waals surface area contributed by atoms with Gasteiger partial charge in [-0.3, -0.25) is 9.48 Å². The van der Waals surface area contributed by atoms with Crippen LogP contribution in [0.1, 0.15) is 23.9 Å². The first-order valence-corrected chi connectivity index (χ1v) is 7.50. The van der Waals surface area contributed by atoms with Gasteiger partial charge in [-0.15, -0.1) is 0 Å². The van der Waals surface area contributed by atoms with Crippen molar-refractivity contribution < 1.29 is 9.90 Å². The van der Waals surface area contributed by atoms with Crippen molar-refractivity contribution in [3.63, 3.8) is 0 Å². The number of nitrogens with one attached hydrogen (secondary N) is 1. The molecule has 0 fully saturated rings. The molecule has 2 aromatic rings. The average molecular weight is 322 g/mol. The zero-order valence-corrected chi connectivity index (χ0v) is 13.7. The Bertz CT molecular complexity index is 682. The number of phenols is 1. The van der Waals surface area contributed by atoms with E-state index in [1.54, 1.807) is 12.1 Å². The molecule has 1 amide bonds. The number of hydrogen-bond acceptors (Lipinski definition) is 3. The summed E-state index contributed by atoms with van der Waals surface area (Å²) in [5, 5.41) is 16.9. The molecule has 6 heteroatoms. The highest BCUT2D eigenvalue weighted by atomic mass is 35.5. The summed E-state index contributed by atoms with van der Waals surface area (Å²) in [5.74, 6) is -0.0699. The normalized spacial score (nSPS) is 12.2. The molecule has 0 bridgehead atoms. The van der Waals surface area contributed by atoms with Gasteiger partial charge in [0.1, 0.15) is 5.75 Å². The van der Waals surface area contributed by atoms with Crippen LogP contribution in [0.25, 0.3) is 0 Å². The van der Waals surface area contributed by atoms with Gasteiger partial charge in [0.05, 0.1) is 23.7 Å². The number of benzene rings is 1. The highest BCUT2D eigenvalue weighted by molar-refractivity contribution is 6.32. The number of aromatic hydroxyl groups is 1. The van der Waals surface area contributed by atoms with E-state index < -0.39 is 0 Å². The molecule has 2 N–H and O–H groups in total. The number of carbonyl (C=O) groups is 1. The Hall–Kier alpha value is -2.01. The smallest absolute Gasteiger partial charge is 0.224 e. The molecule has 1 aromatic carbocycles. The van der Waals surface area contributed by atoms with Crippen LogP contribution in [0.3, 0.4) is 0 Å². The summed E-state index contributed by atoms with van der Waals surface area (Å²) in [7, 11) is 0. The molecule has 1 unspecified atom stereocenters. The van der Waals surface area contributed by atoms with Crippen LogP contribution >= 0.6 is 11.6 Å². The lowest BCUT2D eigenvalue weighted by molar-refractivity contribution is -0.121. The maximum absolute atomic E-state index is 12.1. The summed E-state index contributed by atoms with van der Waals surface area (Å²) in [4.78, 5) is 12.1. The largest absolute Gasteiger partial charge is 0.506 e. The minimum atomic E-state index is -0.0872. The molecule has 0 saturated heterocycles. The summed E-state index contributed by atoms with van der Waals surface area (Å²) in [6, 6.07) is 6.75. The van der Waals surface area contributed by atoms with E-state index >= 15 is 0 Å². The van der Waals surface area contributed by atoms with Crippen LogP contribution in [0.15, 0.2) is 24.3 Å². The van der Waals surface area contributed by atoms with E-state index in [9.17, 15) is 9.90 Å². The fourth-order valence-electron chi connectivity index (χ4n) is 2.34. The number of carbonyl (C=O) groups excluding carboxylic acids is 1. The molecule has 0 aliphatic heterocycles. The summed E-state index contributed by atoms with van der Waals surface area (Å²) >= 11 is 5.84. The Balaban J connectivity index is 1.91. The van der Waals surface area contributed by atoms with Crippen LogP contribution in [0.5, 0.6) is 5.75 Å². The number of aromatic nitrogens is 2. The summed E-state index contributed by atoms with van der Waals surface area (Å²) in [6.07, 6.45) is 0.224. The lowest BCUT2D eigenvalue weighted by atomic mass is 10.1. The van der Waals surface area contributed by atoms with Crippen LogP contribution in [0, 0.1) is 13.8 Å². The predicted molar refractivity (Wildman–Crippen MR) is 86.1 cm³/mol. The van der Waals surface area contributed by atoms with Gasteiger partial charge >= 0.3 is 0 Å². The predicted octanol–water partition coefficient (Wildman–Crippen LogP) is 2.61. The van der Waals surface area contributed by atoms with Crippen LogP contribution < -0.4 is 5.32 Å². The molecule has 0 aliphatic rings. The Morgan fingerprint density at radius 3 is 2.73 bits per heavy atom. The zero-order valence-electron chi connectivity index (χ0n) is 12.9. The second-order valence-electron chi connectivity index (χ2n) is 5.54. The lowest BCUT2D eigenvalue weighted by Gasteiger charge is -2.15. The van der Waals surface area contributed by atoms with Crippen molar-refractivity contribution >= 4 is 17.5 Å². The second kappa shape index (κ2) is 6.83. The standard InChI is InChI=1S/C16H20ClN3O2/c1-10-6-12(3)20(19-10)9-11(2)18-16(22)8-13-4-5-15(21)14(17)7-13/h4-7,11,21H,8-9H2,1-3H3,(H,18,22). The molecular weight excluding hydrogens is 302 g/mol. The van der Waals surface area contributed by atoms with Gasteiger partial charge in [0.25, 0.3) is 0 Å². The first-order valence-electron chi connectivity index (χ1n) is 7.13. The Kier molecular flexibility index (Phi) is 5.08. The fraction of sp³-hybridized carbons (Fsp3) is 0.375. The second-order valence-corrected chi connectivity index (χ2v) is 5.95.